The standard InChI is InChI=1S/C26H38N2O5/c1-5-6-7-8-16-32-23-11-9-10-20(17-23)12-13-22-14-15-24(33-22)26(31)27-21(18-25(29)30)19-28(2,3)4/h9-11,14-15,17,21H,5-8,12-13,16,18-19H2,1-4H3,(H-,27,29,30,31)/t21-/m1/s1. The van der Waals surface area contributed by atoms with Gasteiger partial charge >= 0.3 is 0 Å². The molecule has 0 spiro atoms. The van der Waals surface area contributed by atoms with Crippen LogP contribution in [0.3, 0.4) is 0 Å². The number of unbranched alkanes of at least 4 members (excludes halogenated alkanes) is 3. The number of ether oxygens (including phenoxy) is 1. The molecule has 0 radical (unpaired) electrons. The van der Waals surface area contributed by atoms with E-state index in [0.29, 0.717) is 23.2 Å². The Bertz CT molecular complexity index is 885. The highest BCUT2D eigenvalue weighted by molar-refractivity contribution is 5.91. The van der Waals surface area contributed by atoms with Crippen LogP contribution < -0.4 is 15.2 Å². The van der Waals surface area contributed by atoms with Crippen LogP contribution in [0, 0.1) is 0 Å². The summed E-state index contributed by atoms with van der Waals surface area (Å²) in [5.74, 6) is 0.146. The number of carbonyl (C=O) groups is 2. The molecule has 1 aromatic carbocycles. The number of aliphatic carboxylic acids is 1. The molecule has 0 aliphatic heterocycles. The van der Waals surface area contributed by atoms with Gasteiger partial charge in [0.2, 0.25) is 0 Å². The molecular weight excluding hydrogens is 420 g/mol. The number of aryl methyl sites for hydroxylation is 2. The first-order chi connectivity index (χ1) is 15.7. The summed E-state index contributed by atoms with van der Waals surface area (Å²) in [4.78, 5) is 23.6. The number of furan rings is 1. The lowest BCUT2D eigenvalue weighted by molar-refractivity contribution is -0.871. The van der Waals surface area contributed by atoms with Crippen molar-refractivity contribution in [2.24, 2.45) is 0 Å². The van der Waals surface area contributed by atoms with E-state index in [0.717, 1.165) is 30.8 Å². The van der Waals surface area contributed by atoms with Gasteiger partial charge in [-0.3, -0.25) is 4.79 Å². The van der Waals surface area contributed by atoms with Crippen molar-refractivity contribution in [3.63, 3.8) is 0 Å². The van der Waals surface area contributed by atoms with E-state index in [4.69, 9.17) is 9.15 Å². The Balaban J connectivity index is 1.88. The van der Waals surface area contributed by atoms with E-state index in [1.807, 2.05) is 39.3 Å². The second-order valence-corrected chi connectivity index (χ2v) is 9.54. The van der Waals surface area contributed by atoms with E-state index in [9.17, 15) is 14.7 Å². The third-order valence-electron chi connectivity index (χ3n) is 5.23. The van der Waals surface area contributed by atoms with Crippen molar-refractivity contribution >= 4 is 11.9 Å². The van der Waals surface area contributed by atoms with E-state index >= 15 is 0 Å². The number of hydrogen-bond donors (Lipinski definition) is 1. The molecule has 182 valence electrons. The molecule has 0 saturated carbocycles. The number of rotatable bonds is 15. The highest BCUT2D eigenvalue weighted by Crippen LogP contribution is 2.17. The molecule has 0 aliphatic rings. The Morgan fingerprint density at radius 3 is 2.58 bits per heavy atom. The van der Waals surface area contributed by atoms with Gasteiger partial charge in [0.05, 0.1) is 40.3 Å². The first kappa shape index (κ1) is 26.5. The van der Waals surface area contributed by atoms with Gasteiger partial charge in [0.1, 0.15) is 11.5 Å². The number of carboxylic acids is 1. The van der Waals surface area contributed by atoms with Crippen molar-refractivity contribution in [3.05, 3.63) is 53.5 Å². The number of benzene rings is 1. The van der Waals surface area contributed by atoms with Gasteiger partial charge < -0.3 is 28.9 Å². The molecule has 2 rings (SSSR count). The minimum atomic E-state index is -1.19. The van der Waals surface area contributed by atoms with Crippen LogP contribution in [0.15, 0.2) is 40.8 Å². The fourth-order valence-corrected chi connectivity index (χ4v) is 3.69. The van der Waals surface area contributed by atoms with E-state index in [1.54, 1.807) is 12.1 Å². The van der Waals surface area contributed by atoms with Crippen LogP contribution in [0.1, 0.15) is 60.9 Å². The van der Waals surface area contributed by atoms with Crippen LogP contribution in [0.5, 0.6) is 5.75 Å². The predicted molar refractivity (Wildman–Crippen MR) is 126 cm³/mol. The number of nitrogens with zero attached hydrogens (tertiary/aromatic N) is 1. The van der Waals surface area contributed by atoms with Gasteiger partial charge in [-0.15, -0.1) is 0 Å². The number of carbonyl (C=O) groups excluding carboxylic acids is 2. The van der Waals surface area contributed by atoms with Gasteiger partial charge in [-0.05, 0) is 42.7 Å². The SMILES string of the molecule is CCCCCCOc1cccc(CCc2ccc(C(=O)N[C@H](CC(=O)[O-])C[N+](C)(C)C)o2)c1. The van der Waals surface area contributed by atoms with Crippen LogP contribution in [-0.4, -0.2) is 56.7 Å². The lowest BCUT2D eigenvalue weighted by atomic mass is 10.1. The van der Waals surface area contributed by atoms with Crippen LogP contribution >= 0.6 is 0 Å². The molecule has 1 atom stereocenters. The smallest absolute Gasteiger partial charge is 0.287 e. The predicted octanol–water partition coefficient (Wildman–Crippen LogP) is 2.97. The zero-order chi connectivity index (χ0) is 24.3. The molecule has 0 fully saturated rings. The van der Waals surface area contributed by atoms with Crippen LogP contribution in [0.2, 0.25) is 0 Å². The van der Waals surface area contributed by atoms with Gasteiger partial charge in [-0.25, -0.2) is 0 Å². The maximum Gasteiger partial charge on any atom is 0.287 e. The van der Waals surface area contributed by atoms with Crippen molar-refractivity contribution in [1.82, 2.24) is 5.32 Å². The van der Waals surface area contributed by atoms with Crippen molar-refractivity contribution in [2.45, 2.75) is 57.9 Å². The zero-order valence-corrected chi connectivity index (χ0v) is 20.4. The highest BCUT2D eigenvalue weighted by atomic mass is 16.5. The molecule has 1 N–H and O–H groups in total. The largest absolute Gasteiger partial charge is 0.550 e. The van der Waals surface area contributed by atoms with Gasteiger partial charge in [-0.2, -0.15) is 0 Å². The minimum absolute atomic E-state index is 0.180. The van der Waals surface area contributed by atoms with Gasteiger partial charge in [0.15, 0.2) is 5.76 Å². The van der Waals surface area contributed by atoms with Crippen LogP contribution in [-0.2, 0) is 17.6 Å². The fraction of sp³-hybridized carbons (Fsp3) is 0.538. The summed E-state index contributed by atoms with van der Waals surface area (Å²) in [6.45, 7) is 3.39. The molecular formula is C26H38N2O5. The number of amides is 1. The first-order valence-corrected chi connectivity index (χ1v) is 11.8. The topological polar surface area (TPSA) is 91.6 Å². The molecule has 7 heteroatoms. The highest BCUT2D eigenvalue weighted by Gasteiger charge is 2.22. The summed E-state index contributed by atoms with van der Waals surface area (Å²) in [5.41, 5.74) is 1.14. The molecule has 2 aromatic rings. The Kier molecular flexibility index (Phi) is 10.5. The van der Waals surface area contributed by atoms with E-state index < -0.39 is 17.9 Å². The van der Waals surface area contributed by atoms with Gasteiger partial charge in [0, 0.05) is 18.8 Å². The maximum absolute atomic E-state index is 12.6. The van der Waals surface area contributed by atoms with Crippen LogP contribution in [0.4, 0.5) is 0 Å². The molecule has 0 bridgehead atoms. The van der Waals surface area contributed by atoms with E-state index in [-0.39, 0.29) is 12.2 Å². The molecule has 1 amide bonds. The summed E-state index contributed by atoms with van der Waals surface area (Å²) in [7, 11) is 5.81. The number of quaternary nitrogens is 1. The summed E-state index contributed by atoms with van der Waals surface area (Å²) in [5, 5.41) is 13.8. The average Bonchev–Trinajstić information content (AvgIpc) is 3.20. The second-order valence-electron chi connectivity index (χ2n) is 9.54. The fourth-order valence-electron chi connectivity index (χ4n) is 3.69. The van der Waals surface area contributed by atoms with Crippen molar-refractivity contribution in [3.8, 4) is 5.75 Å². The molecule has 33 heavy (non-hydrogen) atoms. The second kappa shape index (κ2) is 13.0. The number of likely N-dealkylation sites (N-methyl/N-ethyl adjacent to an activating group) is 1. The van der Waals surface area contributed by atoms with E-state index in [2.05, 4.69) is 18.3 Å². The van der Waals surface area contributed by atoms with Gasteiger partial charge in [-0.1, -0.05) is 38.3 Å². The normalized spacial score (nSPS) is 12.4. The summed E-state index contributed by atoms with van der Waals surface area (Å²) < 4.78 is 12.1. The third kappa shape index (κ3) is 10.6. The number of hydrogen-bond acceptors (Lipinski definition) is 5. The number of carboxylic acid groups (broad SMARTS) is 1. The first-order valence-electron chi connectivity index (χ1n) is 11.8. The minimum Gasteiger partial charge on any atom is -0.550 e. The average molecular weight is 459 g/mol. The molecule has 7 nitrogen and oxygen atoms in total. The molecule has 0 unspecified atom stereocenters. The summed E-state index contributed by atoms with van der Waals surface area (Å²) >= 11 is 0. The maximum atomic E-state index is 12.6. The lowest BCUT2D eigenvalue weighted by Gasteiger charge is -2.29. The van der Waals surface area contributed by atoms with Crippen molar-refractivity contribution < 1.29 is 28.3 Å². The van der Waals surface area contributed by atoms with Crippen molar-refractivity contribution in [2.75, 3.05) is 34.3 Å². The third-order valence-corrected chi connectivity index (χ3v) is 5.23. The lowest BCUT2D eigenvalue weighted by Crippen LogP contribution is -2.50. The summed E-state index contributed by atoms with van der Waals surface area (Å²) in [6.07, 6.45) is 5.86. The monoisotopic (exact) mass is 458 g/mol. The molecule has 0 saturated heterocycles. The van der Waals surface area contributed by atoms with Crippen LogP contribution in [0.25, 0.3) is 0 Å². The molecule has 0 aliphatic carbocycles. The zero-order valence-electron chi connectivity index (χ0n) is 20.4. The molecule has 1 heterocycles. The Labute approximate surface area is 197 Å². The van der Waals surface area contributed by atoms with E-state index in [1.165, 1.54) is 19.3 Å². The Morgan fingerprint density at radius 1 is 1.09 bits per heavy atom. The van der Waals surface area contributed by atoms with Crippen molar-refractivity contribution in [1.29, 1.82) is 0 Å². The molecule has 1 aromatic heterocycles. The Morgan fingerprint density at radius 2 is 1.88 bits per heavy atom. The van der Waals surface area contributed by atoms with Gasteiger partial charge in [0.25, 0.3) is 5.91 Å². The number of nitrogens with one attached hydrogen (secondary N) is 1. The Hall–Kier alpha value is -2.80. The quantitative estimate of drug-likeness (QED) is 0.327. The summed E-state index contributed by atoms with van der Waals surface area (Å²) in [6, 6.07) is 10.9.